The van der Waals surface area contributed by atoms with Crippen molar-refractivity contribution in [3.63, 3.8) is 0 Å². The molecule has 25 heavy (non-hydrogen) atoms. The van der Waals surface area contributed by atoms with Crippen LogP contribution in [-0.4, -0.2) is 16.1 Å². The lowest BCUT2D eigenvalue weighted by molar-refractivity contribution is 0.0396. The van der Waals surface area contributed by atoms with Crippen molar-refractivity contribution < 1.29 is 18.5 Å². The molecule has 124 valence electrons. The van der Waals surface area contributed by atoms with Crippen LogP contribution in [0.25, 0.3) is 22.4 Å². The lowest BCUT2D eigenvalue weighted by atomic mass is 10.2. The number of aromatic nitrogens is 2. The zero-order valence-electron chi connectivity index (χ0n) is 12.8. The maximum atomic E-state index is 12.1. The monoisotopic (exact) mass is 354 g/mol. The number of furan rings is 1. The fraction of sp³-hybridized carbons (Fsp3) is 0.0556. The van der Waals surface area contributed by atoms with Crippen molar-refractivity contribution in [1.29, 1.82) is 0 Å². The Morgan fingerprint density at radius 2 is 1.96 bits per heavy atom. The van der Waals surface area contributed by atoms with E-state index in [1.807, 2.05) is 30.3 Å². The van der Waals surface area contributed by atoms with Crippen LogP contribution in [0.5, 0.6) is 0 Å². The number of fused-ring (bicyclic) bond motifs is 1. The van der Waals surface area contributed by atoms with Crippen LogP contribution >= 0.6 is 11.6 Å². The Morgan fingerprint density at radius 3 is 2.80 bits per heavy atom. The van der Waals surface area contributed by atoms with Gasteiger partial charge in [0, 0.05) is 16.0 Å². The van der Waals surface area contributed by atoms with E-state index in [0.29, 0.717) is 16.4 Å². The third-order valence-corrected chi connectivity index (χ3v) is 3.74. The molecule has 0 radical (unpaired) electrons. The maximum absolute atomic E-state index is 12.1. The van der Waals surface area contributed by atoms with E-state index in [2.05, 4.69) is 10.1 Å². The number of carbonyl (C=O) groups is 1. The molecule has 0 bridgehead atoms. The summed E-state index contributed by atoms with van der Waals surface area (Å²) in [5.74, 6) is 0.100. The summed E-state index contributed by atoms with van der Waals surface area (Å²) >= 11 is 5.92. The molecule has 2 aromatic heterocycles. The Labute approximate surface area is 147 Å². The largest absolute Gasteiger partial charge is 0.450 e. The van der Waals surface area contributed by atoms with Crippen molar-refractivity contribution in [2.75, 3.05) is 0 Å². The van der Waals surface area contributed by atoms with Gasteiger partial charge in [-0.05, 0) is 24.3 Å². The van der Waals surface area contributed by atoms with E-state index in [9.17, 15) is 4.79 Å². The van der Waals surface area contributed by atoms with Gasteiger partial charge >= 0.3 is 5.97 Å². The maximum Gasteiger partial charge on any atom is 0.374 e. The minimum absolute atomic E-state index is 0.0834. The number of hydrogen-bond acceptors (Lipinski definition) is 6. The molecule has 0 N–H and O–H groups in total. The van der Waals surface area contributed by atoms with Crippen molar-refractivity contribution in [2.24, 2.45) is 0 Å². The Hall–Kier alpha value is -3.12. The van der Waals surface area contributed by atoms with Gasteiger partial charge in [-0.3, -0.25) is 0 Å². The number of carbonyl (C=O) groups excluding carboxylic acids is 1. The van der Waals surface area contributed by atoms with Crippen LogP contribution in [0.4, 0.5) is 0 Å². The molecule has 2 aromatic carbocycles. The fourth-order valence-electron chi connectivity index (χ4n) is 2.33. The van der Waals surface area contributed by atoms with Gasteiger partial charge in [0.2, 0.25) is 11.6 Å². The SMILES string of the molecule is O=C(OCc1nc(-c2ccccc2)no1)c1cc2cc(Cl)ccc2o1. The van der Waals surface area contributed by atoms with Crippen LogP contribution in [0.3, 0.4) is 0 Å². The molecule has 0 aliphatic carbocycles. The number of benzene rings is 2. The number of rotatable bonds is 4. The van der Waals surface area contributed by atoms with Crippen LogP contribution in [0, 0.1) is 0 Å². The molecular formula is C18H11ClN2O4. The highest BCUT2D eigenvalue weighted by atomic mass is 35.5. The molecule has 0 saturated carbocycles. The molecule has 7 heteroatoms. The first-order chi connectivity index (χ1) is 12.2. The second kappa shape index (κ2) is 6.41. The number of halogens is 1. The quantitative estimate of drug-likeness (QED) is 0.502. The smallest absolute Gasteiger partial charge is 0.374 e. The van der Waals surface area contributed by atoms with Gasteiger partial charge in [-0.25, -0.2) is 4.79 Å². The predicted molar refractivity (Wildman–Crippen MR) is 90.1 cm³/mol. The van der Waals surface area contributed by atoms with E-state index < -0.39 is 5.97 Å². The molecule has 0 amide bonds. The van der Waals surface area contributed by atoms with E-state index in [1.54, 1.807) is 24.3 Å². The molecule has 0 fully saturated rings. The van der Waals surface area contributed by atoms with Crippen LogP contribution in [0.1, 0.15) is 16.4 Å². The molecule has 0 unspecified atom stereocenters. The highest BCUT2D eigenvalue weighted by molar-refractivity contribution is 6.31. The lowest BCUT2D eigenvalue weighted by Crippen LogP contribution is -2.04. The van der Waals surface area contributed by atoms with Gasteiger partial charge in [0.05, 0.1) is 0 Å². The van der Waals surface area contributed by atoms with Crippen molar-refractivity contribution >= 4 is 28.5 Å². The van der Waals surface area contributed by atoms with Crippen molar-refractivity contribution in [3.05, 3.63) is 71.3 Å². The van der Waals surface area contributed by atoms with E-state index >= 15 is 0 Å². The minimum Gasteiger partial charge on any atom is -0.450 e. The topological polar surface area (TPSA) is 78.4 Å². The molecule has 0 aliphatic rings. The summed E-state index contributed by atoms with van der Waals surface area (Å²) in [7, 11) is 0. The molecule has 4 aromatic rings. The van der Waals surface area contributed by atoms with E-state index in [4.69, 9.17) is 25.3 Å². The number of esters is 1. The van der Waals surface area contributed by atoms with Gasteiger partial charge in [0.25, 0.3) is 5.89 Å². The average molecular weight is 355 g/mol. The second-order valence-electron chi connectivity index (χ2n) is 5.25. The van der Waals surface area contributed by atoms with Gasteiger partial charge in [0.1, 0.15) is 5.58 Å². The Bertz CT molecular complexity index is 1040. The highest BCUT2D eigenvalue weighted by Gasteiger charge is 2.16. The number of hydrogen-bond donors (Lipinski definition) is 0. The van der Waals surface area contributed by atoms with Gasteiger partial charge in [-0.15, -0.1) is 0 Å². The summed E-state index contributed by atoms with van der Waals surface area (Å²) in [5.41, 5.74) is 1.37. The summed E-state index contributed by atoms with van der Waals surface area (Å²) in [5, 5.41) is 5.15. The van der Waals surface area contributed by atoms with E-state index in [-0.39, 0.29) is 18.3 Å². The summed E-state index contributed by atoms with van der Waals surface area (Å²) in [6, 6.07) is 16.0. The molecule has 2 heterocycles. The normalized spacial score (nSPS) is 10.9. The van der Waals surface area contributed by atoms with Gasteiger partial charge in [-0.2, -0.15) is 4.98 Å². The first-order valence-corrected chi connectivity index (χ1v) is 7.81. The first-order valence-electron chi connectivity index (χ1n) is 7.43. The summed E-state index contributed by atoms with van der Waals surface area (Å²) in [6.07, 6.45) is 0. The van der Waals surface area contributed by atoms with Crippen LogP contribution in [0.15, 0.2) is 63.5 Å². The third-order valence-electron chi connectivity index (χ3n) is 3.51. The lowest BCUT2D eigenvalue weighted by Gasteiger charge is -1.97. The average Bonchev–Trinajstić information content (AvgIpc) is 3.27. The molecule has 0 atom stereocenters. The van der Waals surface area contributed by atoms with Gasteiger partial charge in [0.15, 0.2) is 6.61 Å². The fourth-order valence-corrected chi connectivity index (χ4v) is 2.51. The van der Waals surface area contributed by atoms with Crippen LogP contribution in [-0.2, 0) is 11.3 Å². The first kappa shape index (κ1) is 15.4. The molecule has 0 aliphatic heterocycles. The Morgan fingerprint density at radius 1 is 1.12 bits per heavy atom. The highest BCUT2D eigenvalue weighted by Crippen LogP contribution is 2.23. The third kappa shape index (κ3) is 3.25. The van der Waals surface area contributed by atoms with Gasteiger partial charge in [-0.1, -0.05) is 47.1 Å². The molecule has 6 nitrogen and oxygen atoms in total. The zero-order valence-corrected chi connectivity index (χ0v) is 13.6. The van der Waals surface area contributed by atoms with Crippen molar-refractivity contribution in [3.8, 4) is 11.4 Å². The van der Waals surface area contributed by atoms with E-state index in [0.717, 1.165) is 10.9 Å². The number of ether oxygens (including phenoxy) is 1. The molecular weight excluding hydrogens is 344 g/mol. The predicted octanol–water partition coefficient (Wildman–Crippen LogP) is 4.49. The van der Waals surface area contributed by atoms with Crippen molar-refractivity contribution in [1.82, 2.24) is 10.1 Å². The second-order valence-corrected chi connectivity index (χ2v) is 5.68. The van der Waals surface area contributed by atoms with Crippen LogP contribution < -0.4 is 0 Å². The van der Waals surface area contributed by atoms with Gasteiger partial charge < -0.3 is 13.7 Å². The Balaban J connectivity index is 1.45. The number of nitrogens with zero attached hydrogens (tertiary/aromatic N) is 2. The van der Waals surface area contributed by atoms with E-state index in [1.165, 1.54) is 0 Å². The molecule has 0 spiro atoms. The van der Waals surface area contributed by atoms with Crippen molar-refractivity contribution in [2.45, 2.75) is 6.61 Å². The zero-order chi connectivity index (χ0) is 17.2. The molecule has 4 rings (SSSR count). The van der Waals surface area contributed by atoms with Crippen LogP contribution in [0.2, 0.25) is 5.02 Å². The summed E-state index contributed by atoms with van der Waals surface area (Å²) in [4.78, 5) is 16.3. The minimum atomic E-state index is -0.619. The molecule has 0 saturated heterocycles. The standard InChI is InChI=1S/C18H11ClN2O4/c19-13-6-7-14-12(8-13)9-15(24-14)18(22)23-10-16-20-17(21-25-16)11-4-2-1-3-5-11/h1-9H,10H2. The Kier molecular flexibility index (Phi) is 3.95. The summed E-state index contributed by atoms with van der Waals surface area (Å²) < 4.78 is 15.7. The summed E-state index contributed by atoms with van der Waals surface area (Å²) in [6.45, 7) is -0.142.